The van der Waals surface area contributed by atoms with E-state index in [-0.39, 0.29) is 0 Å². The number of nitrogens with one attached hydrogen (secondary N) is 1. The standard InChI is InChI=1S/C15H16BrNO2/c1-17-10-11-3-5-12(6-4-11)19-15-8-7-13(18-2)9-14(15)16/h3-9,17H,10H2,1-2H3. The lowest BCUT2D eigenvalue weighted by Crippen LogP contribution is -2.04. The van der Waals surface area contributed by atoms with Crippen LogP contribution in [0.1, 0.15) is 5.56 Å². The number of benzene rings is 2. The summed E-state index contributed by atoms with van der Waals surface area (Å²) in [5.41, 5.74) is 1.23. The summed E-state index contributed by atoms with van der Waals surface area (Å²) in [7, 11) is 3.57. The number of rotatable bonds is 5. The van der Waals surface area contributed by atoms with Gasteiger partial charge in [-0.1, -0.05) is 12.1 Å². The van der Waals surface area contributed by atoms with Crippen LogP contribution in [0.4, 0.5) is 0 Å². The van der Waals surface area contributed by atoms with Crippen molar-refractivity contribution in [3.05, 3.63) is 52.5 Å². The zero-order valence-electron chi connectivity index (χ0n) is 10.9. The zero-order valence-corrected chi connectivity index (χ0v) is 12.5. The van der Waals surface area contributed by atoms with Crippen LogP contribution in [0.3, 0.4) is 0 Å². The van der Waals surface area contributed by atoms with Crippen LogP contribution >= 0.6 is 15.9 Å². The summed E-state index contributed by atoms with van der Waals surface area (Å²) >= 11 is 3.47. The van der Waals surface area contributed by atoms with Crippen LogP contribution < -0.4 is 14.8 Å². The Balaban J connectivity index is 2.12. The van der Waals surface area contributed by atoms with Gasteiger partial charge in [-0.2, -0.15) is 0 Å². The van der Waals surface area contributed by atoms with Crippen LogP contribution in [-0.4, -0.2) is 14.2 Å². The predicted octanol–water partition coefficient (Wildman–Crippen LogP) is 3.97. The minimum absolute atomic E-state index is 0.766. The Hall–Kier alpha value is -1.52. The maximum Gasteiger partial charge on any atom is 0.141 e. The van der Waals surface area contributed by atoms with Gasteiger partial charge in [-0.3, -0.25) is 0 Å². The minimum Gasteiger partial charge on any atom is -0.497 e. The van der Waals surface area contributed by atoms with Gasteiger partial charge in [0.15, 0.2) is 0 Å². The molecule has 2 aromatic rings. The van der Waals surface area contributed by atoms with E-state index in [1.54, 1.807) is 7.11 Å². The lowest BCUT2D eigenvalue weighted by molar-refractivity contribution is 0.412. The highest BCUT2D eigenvalue weighted by molar-refractivity contribution is 9.10. The number of ether oxygens (including phenoxy) is 2. The van der Waals surface area contributed by atoms with E-state index in [9.17, 15) is 0 Å². The average molecular weight is 322 g/mol. The average Bonchev–Trinajstić information content (AvgIpc) is 2.43. The van der Waals surface area contributed by atoms with E-state index < -0.39 is 0 Å². The topological polar surface area (TPSA) is 30.5 Å². The second-order valence-corrected chi connectivity index (χ2v) is 4.93. The van der Waals surface area contributed by atoms with Crippen LogP contribution in [-0.2, 0) is 6.54 Å². The van der Waals surface area contributed by atoms with Crippen LogP contribution in [0.2, 0.25) is 0 Å². The fourth-order valence-electron chi connectivity index (χ4n) is 1.70. The molecule has 0 aliphatic carbocycles. The SMILES string of the molecule is CNCc1ccc(Oc2ccc(OC)cc2Br)cc1. The first-order valence-corrected chi connectivity index (χ1v) is 6.77. The van der Waals surface area contributed by atoms with Gasteiger partial charge in [-0.15, -0.1) is 0 Å². The van der Waals surface area contributed by atoms with Crippen molar-refractivity contribution in [1.29, 1.82) is 0 Å². The van der Waals surface area contributed by atoms with Crippen LogP contribution in [0.25, 0.3) is 0 Å². The van der Waals surface area contributed by atoms with E-state index in [0.29, 0.717) is 0 Å². The Bertz CT molecular complexity index is 540. The minimum atomic E-state index is 0.766. The first-order chi connectivity index (χ1) is 9.22. The van der Waals surface area contributed by atoms with Crippen molar-refractivity contribution in [2.45, 2.75) is 6.54 Å². The molecule has 3 nitrogen and oxygen atoms in total. The van der Waals surface area contributed by atoms with Gasteiger partial charge in [-0.25, -0.2) is 0 Å². The maximum atomic E-state index is 5.82. The monoisotopic (exact) mass is 321 g/mol. The molecule has 2 aromatic carbocycles. The Morgan fingerprint density at radius 3 is 2.32 bits per heavy atom. The molecule has 0 heterocycles. The number of hydrogen-bond donors (Lipinski definition) is 1. The van der Waals surface area contributed by atoms with E-state index in [2.05, 4.69) is 21.2 Å². The van der Waals surface area contributed by atoms with Crippen molar-refractivity contribution >= 4 is 15.9 Å². The molecule has 2 rings (SSSR count). The lowest BCUT2D eigenvalue weighted by atomic mass is 10.2. The predicted molar refractivity (Wildman–Crippen MR) is 80.0 cm³/mol. The molecule has 1 N–H and O–H groups in total. The Morgan fingerprint density at radius 2 is 1.74 bits per heavy atom. The van der Waals surface area contributed by atoms with Gasteiger partial charge < -0.3 is 14.8 Å². The number of halogens is 1. The van der Waals surface area contributed by atoms with Crippen molar-refractivity contribution in [3.63, 3.8) is 0 Å². The van der Waals surface area contributed by atoms with Crippen LogP contribution in [0.15, 0.2) is 46.9 Å². The summed E-state index contributed by atoms with van der Waals surface area (Å²) in [6, 6.07) is 13.6. The fourth-order valence-corrected chi connectivity index (χ4v) is 2.14. The molecule has 0 fully saturated rings. The second-order valence-electron chi connectivity index (χ2n) is 4.07. The third-order valence-electron chi connectivity index (χ3n) is 2.67. The van der Waals surface area contributed by atoms with E-state index in [1.807, 2.05) is 49.5 Å². The summed E-state index contributed by atoms with van der Waals surface area (Å²) in [6.07, 6.45) is 0. The summed E-state index contributed by atoms with van der Waals surface area (Å²) in [4.78, 5) is 0. The molecule has 0 aliphatic rings. The summed E-state index contributed by atoms with van der Waals surface area (Å²) in [5.74, 6) is 2.37. The normalized spacial score (nSPS) is 10.3. The zero-order chi connectivity index (χ0) is 13.7. The molecule has 100 valence electrons. The summed E-state index contributed by atoms with van der Waals surface area (Å²) < 4.78 is 11.8. The van der Waals surface area contributed by atoms with Crippen molar-refractivity contribution in [2.75, 3.05) is 14.2 Å². The molecule has 4 heteroatoms. The molecule has 0 unspecified atom stereocenters. The molecule has 0 saturated heterocycles. The third-order valence-corrected chi connectivity index (χ3v) is 3.29. The first-order valence-electron chi connectivity index (χ1n) is 5.98. The molecule has 0 atom stereocenters. The van der Waals surface area contributed by atoms with Gasteiger partial charge in [0.05, 0.1) is 11.6 Å². The number of methoxy groups -OCH3 is 1. The van der Waals surface area contributed by atoms with E-state index >= 15 is 0 Å². The molecule has 0 spiro atoms. The van der Waals surface area contributed by atoms with Crippen LogP contribution in [0.5, 0.6) is 17.2 Å². The van der Waals surface area contributed by atoms with Crippen molar-refractivity contribution in [2.24, 2.45) is 0 Å². The largest absolute Gasteiger partial charge is 0.497 e. The van der Waals surface area contributed by atoms with Gasteiger partial charge in [0.2, 0.25) is 0 Å². The molecular formula is C15H16BrNO2. The smallest absolute Gasteiger partial charge is 0.141 e. The lowest BCUT2D eigenvalue weighted by Gasteiger charge is -2.09. The molecule has 0 saturated carbocycles. The fraction of sp³-hybridized carbons (Fsp3) is 0.200. The maximum absolute atomic E-state index is 5.82. The third kappa shape index (κ3) is 3.72. The van der Waals surface area contributed by atoms with Crippen molar-refractivity contribution in [1.82, 2.24) is 5.32 Å². The summed E-state index contributed by atoms with van der Waals surface area (Å²) in [5, 5.41) is 3.11. The highest BCUT2D eigenvalue weighted by Crippen LogP contribution is 2.32. The Kier molecular flexibility index (Phi) is 4.82. The van der Waals surface area contributed by atoms with Gasteiger partial charge >= 0.3 is 0 Å². The summed E-state index contributed by atoms with van der Waals surface area (Å²) in [6.45, 7) is 0.854. The highest BCUT2D eigenvalue weighted by atomic mass is 79.9. The van der Waals surface area contributed by atoms with Crippen LogP contribution in [0, 0.1) is 0 Å². The van der Waals surface area contributed by atoms with E-state index in [0.717, 1.165) is 28.3 Å². The molecule has 0 aliphatic heterocycles. The first kappa shape index (κ1) is 13.9. The second kappa shape index (κ2) is 6.59. The molecule has 0 aromatic heterocycles. The molecular weight excluding hydrogens is 306 g/mol. The number of hydrogen-bond acceptors (Lipinski definition) is 3. The van der Waals surface area contributed by atoms with Crippen molar-refractivity contribution < 1.29 is 9.47 Å². The molecule has 0 bridgehead atoms. The Labute approximate surface area is 121 Å². The Morgan fingerprint density at radius 1 is 1.05 bits per heavy atom. The highest BCUT2D eigenvalue weighted by Gasteiger charge is 2.04. The van der Waals surface area contributed by atoms with Gasteiger partial charge in [0.1, 0.15) is 17.2 Å². The molecule has 0 radical (unpaired) electrons. The van der Waals surface area contributed by atoms with E-state index in [4.69, 9.17) is 9.47 Å². The molecule has 19 heavy (non-hydrogen) atoms. The van der Waals surface area contributed by atoms with Gasteiger partial charge in [-0.05, 0) is 58.9 Å². The molecule has 0 amide bonds. The van der Waals surface area contributed by atoms with E-state index in [1.165, 1.54) is 5.56 Å². The quantitative estimate of drug-likeness (QED) is 0.903. The van der Waals surface area contributed by atoms with Gasteiger partial charge in [0.25, 0.3) is 0 Å². The van der Waals surface area contributed by atoms with Crippen molar-refractivity contribution in [3.8, 4) is 17.2 Å². The van der Waals surface area contributed by atoms with Gasteiger partial charge in [0, 0.05) is 6.54 Å².